The van der Waals surface area contributed by atoms with E-state index in [1.807, 2.05) is 25.2 Å². The summed E-state index contributed by atoms with van der Waals surface area (Å²) in [6.07, 6.45) is 3.98. The van der Waals surface area contributed by atoms with Gasteiger partial charge in [-0.25, -0.2) is 0 Å². The number of hydrogen-bond donors (Lipinski definition) is 1. The summed E-state index contributed by atoms with van der Waals surface area (Å²) in [5.41, 5.74) is 0.992. The summed E-state index contributed by atoms with van der Waals surface area (Å²) >= 11 is 0. The number of nitrogens with one attached hydrogen (secondary N) is 1. The number of ether oxygens (including phenoxy) is 2. The summed E-state index contributed by atoms with van der Waals surface area (Å²) in [5.74, 6) is 2.39. The molecule has 0 unspecified atom stereocenters. The molecule has 1 saturated heterocycles. The third-order valence-corrected chi connectivity index (χ3v) is 4.55. The fourth-order valence-corrected chi connectivity index (χ4v) is 3.02. The van der Waals surface area contributed by atoms with Crippen molar-refractivity contribution in [2.45, 2.75) is 32.2 Å². The smallest absolute Gasteiger partial charge is 0.222 e. The highest BCUT2D eigenvalue weighted by molar-refractivity contribution is 5.85. The summed E-state index contributed by atoms with van der Waals surface area (Å²) in [6.45, 7) is 2.72. The van der Waals surface area contributed by atoms with E-state index in [1.54, 1.807) is 19.1 Å². The Bertz CT molecular complexity index is 519. The quantitative estimate of drug-likeness (QED) is 0.816. The number of halogens is 1. The highest BCUT2D eigenvalue weighted by Crippen LogP contribution is 2.26. The predicted molar refractivity (Wildman–Crippen MR) is 98.1 cm³/mol. The molecule has 0 spiro atoms. The van der Waals surface area contributed by atoms with Crippen molar-refractivity contribution >= 4 is 18.3 Å². The lowest BCUT2D eigenvalue weighted by Gasteiger charge is -2.24. The third kappa shape index (κ3) is 5.87. The van der Waals surface area contributed by atoms with Crippen LogP contribution in [0.1, 0.15) is 31.2 Å². The van der Waals surface area contributed by atoms with E-state index >= 15 is 0 Å². The van der Waals surface area contributed by atoms with E-state index in [0.717, 1.165) is 36.6 Å². The Morgan fingerprint density at radius 3 is 2.58 bits per heavy atom. The molecule has 6 heteroatoms. The highest BCUT2D eigenvalue weighted by Gasteiger charge is 2.17. The lowest BCUT2D eigenvalue weighted by molar-refractivity contribution is -0.130. The molecule has 1 N–H and O–H groups in total. The fourth-order valence-electron chi connectivity index (χ4n) is 3.02. The number of methoxy groups -OCH3 is 2. The van der Waals surface area contributed by atoms with Crippen LogP contribution in [0.25, 0.3) is 0 Å². The topological polar surface area (TPSA) is 50.8 Å². The second-order valence-corrected chi connectivity index (χ2v) is 6.16. The fraction of sp³-hybridized carbons (Fsp3) is 0.611. The van der Waals surface area contributed by atoms with Gasteiger partial charge in [-0.2, -0.15) is 0 Å². The van der Waals surface area contributed by atoms with Gasteiger partial charge in [-0.3, -0.25) is 4.79 Å². The van der Waals surface area contributed by atoms with Crippen molar-refractivity contribution in [3.8, 4) is 11.5 Å². The number of amides is 1. The van der Waals surface area contributed by atoms with Gasteiger partial charge in [0.1, 0.15) is 11.5 Å². The maximum absolute atomic E-state index is 12.4. The molecule has 24 heavy (non-hydrogen) atoms. The summed E-state index contributed by atoms with van der Waals surface area (Å²) in [4.78, 5) is 14.1. The number of hydrogen-bond acceptors (Lipinski definition) is 4. The number of carbonyl (C=O) groups is 1. The molecule has 136 valence electrons. The minimum atomic E-state index is 0. The second-order valence-electron chi connectivity index (χ2n) is 6.16. The molecule has 2 rings (SSSR count). The van der Waals surface area contributed by atoms with Gasteiger partial charge in [0.25, 0.3) is 0 Å². The molecule has 0 radical (unpaired) electrons. The van der Waals surface area contributed by atoms with E-state index in [9.17, 15) is 4.79 Å². The summed E-state index contributed by atoms with van der Waals surface area (Å²) in [5, 5.41) is 3.36. The standard InChI is InChI=1S/C18H28N2O3.ClH/c1-20(18(21)7-4-14-8-10-19-11-9-14)13-15-5-6-16(22-2)12-17(15)23-3;/h5-6,12,14,19H,4,7-11,13H2,1-3H3;1H. The van der Waals surface area contributed by atoms with Crippen molar-refractivity contribution in [3.05, 3.63) is 23.8 Å². The van der Waals surface area contributed by atoms with Crippen molar-refractivity contribution < 1.29 is 14.3 Å². The molecule has 1 aliphatic rings. The van der Waals surface area contributed by atoms with Gasteiger partial charge in [0, 0.05) is 31.6 Å². The maximum atomic E-state index is 12.4. The summed E-state index contributed by atoms with van der Waals surface area (Å²) in [6, 6.07) is 5.70. The van der Waals surface area contributed by atoms with Crippen LogP contribution in [0, 0.1) is 5.92 Å². The highest BCUT2D eigenvalue weighted by atomic mass is 35.5. The van der Waals surface area contributed by atoms with Crippen LogP contribution in [0.2, 0.25) is 0 Å². The van der Waals surface area contributed by atoms with Crippen LogP contribution in [0.5, 0.6) is 11.5 Å². The number of carbonyl (C=O) groups excluding carboxylic acids is 1. The first-order valence-corrected chi connectivity index (χ1v) is 8.29. The molecule has 0 aromatic heterocycles. The number of benzene rings is 1. The molecule has 1 aromatic carbocycles. The van der Waals surface area contributed by atoms with Crippen LogP contribution in [-0.2, 0) is 11.3 Å². The lowest BCUT2D eigenvalue weighted by atomic mass is 9.93. The number of piperidine rings is 1. The van der Waals surface area contributed by atoms with Gasteiger partial charge in [0.05, 0.1) is 14.2 Å². The molecular weight excluding hydrogens is 328 g/mol. The normalized spacial score (nSPS) is 14.6. The number of rotatable bonds is 7. The minimum absolute atomic E-state index is 0. The molecule has 0 saturated carbocycles. The Balaban J connectivity index is 0.00000288. The zero-order chi connectivity index (χ0) is 16.7. The van der Waals surface area contributed by atoms with Crippen LogP contribution in [0.4, 0.5) is 0 Å². The van der Waals surface area contributed by atoms with Gasteiger partial charge in [0.15, 0.2) is 0 Å². The van der Waals surface area contributed by atoms with Crippen molar-refractivity contribution in [2.24, 2.45) is 5.92 Å². The van der Waals surface area contributed by atoms with Crippen molar-refractivity contribution in [1.82, 2.24) is 10.2 Å². The van der Waals surface area contributed by atoms with Crippen LogP contribution in [-0.4, -0.2) is 45.2 Å². The minimum Gasteiger partial charge on any atom is -0.497 e. The van der Waals surface area contributed by atoms with Gasteiger partial charge in [0.2, 0.25) is 5.91 Å². The van der Waals surface area contributed by atoms with Crippen molar-refractivity contribution in [3.63, 3.8) is 0 Å². The van der Waals surface area contributed by atoms with Crippen molar-refractivity contribution in [1.29, 1.82) is 0 Å². The van der Waals surface area contributed by atoms with E-state index in [4.69, 9.17) is 9.47 Å². The largest absolute Gasteiger partial charge is 0.497 e. The Labute approximate surface area is 151 Å². The van der Waals surface area contributed by atoms with Gasteiger partial charge >= 0.3 is 0 Å². The summed E-state index contributed by atoms with van der Waals surface area (Å²) in [7, 11) is 5.12. The van der Waals surface area contributed by atoms with E-state index < -0.39 is 0 Å². The van der Waals surface area contributed by atoms with Gasteiger partial charge in [-0.05, 0) is 50.4 Å². The predicted octanol–water partition coefficient (Wildman–Crippen LogP) is 2.86. The Kier molecular flexibility index (Phi) is 8.93. The monoisotopic (exact) mass is 356 g/mol. The second kappa shape index (κ2) is 10.4. The van der Waals surface area contributed by atoms with Crippen LogP contribution in [0.3, 0.4) is 0 Å². The van der Waals surface area contributed by atoms with E-state index in [0.29, 0.717) is 18.9 Å². The SMILES string of the molecule is COc1ccc(CN(C)C(=O)CCC2CCNCC2)c(OC)c1.Cl. The molecule has 1 fully saturated rings. The molecule has 1 amide bonds. The average Bonchev–Trinajstić information content (AvgIpc) is 2.60. The zero-order valence-electron chi connectivity index (χ0n) is 14.8. The van der Waals surface area contributed by atoms with Crippen LogP contribution in [0.15, 0.2) is 18.2 Å². The van der Waals surface area contributed by atoms with Crippen LogP contribution < -0.4 is 14.8 Å². The zero-order valence-corrected chi connectivity index (χ0v) is 15.7. The third-order valence-electron chi connectivity index (χ3n) is 4.55. The molecule has 0 aliphatic carbocycles. The van der Waals surface area contributed by atoms with Crippen LogP contribution >= 0.6 is 12.4 Å². The first-order valence-electron chi connectivity index (χ1n) is 8.29. The van der Waals surface area contributed by atoms with Gasteiger partial charge in [-0.1, -0.05) is 0 Å². The Morgan fingerprint density at radius 1 is 1.25 bits per heavy atom. The average molecular weight is 357 g/mol. The van der Waals surface area contributed by atoms with Gasteiger partial charge < -0.3 is 19.7 Å². The first-order chi connectivity index (χ1) is 11.1. The molecule has 0 bridgehead atoms. The molecule has 1 aliphatic heterocycles. The first kappa shape index (κ1) is 20.6. The Morgan fingerprint density at radius 2 is 1.96 bits per heavy atom. The molecule has 5 nitrogen and oxygen atoms in total. The van der Waals surface area contributed by atoms with E-state index in [-0.39, 0.29) is 18.3 Å². The lowest BCUT2D eigenvalue weighted by Crippen LogP contribution is -2.30. The maximum Gasteiger partial charge on any atom is 0.222 e. The van der Waals surface area contributed by atoms with Gasteiger partial charge in [-0.15, -0.1) is 12.4 Å². The Hall–Kier alpha value is -1.46. The molecular formula is C18H29ClN2O3. The molecule has 1 aromatic rings. The van der Waals surface area contributed by atoms with E-state index in [2.05, 4.69) is 5.32 Å². The molecule has 1 heterocycles. The summed E-state index contributed by atoms with van der Waals surface area (Å²) < 4.78 is 10.6. The molecule has 0 atom stereocenters. The van der Waals surface area contributed by atoms with E-state index in [1.165, 1.54) is 12.8 Å². The van der Waals surface area contributed by atoms with Crippen molar-refractivity contribution in [2.75, 3.05) is 34.4 Å². The number of nitrogens with zero attached hydrogens (tertiary/aromatic N) is 1.